The quantitative estimate of drug-likeness (QED) is 0.680. The van der Waals surface area contributed by atoms with Crippen LogP contribution in [0.4, 0.5) is 0 Å². The number of carbonyl (C=O) groups excluding carboxylic acids is 1. The molecule has 2 heterocycles. The third-order valence-corrected chi connectivity index (χ3v) is 4.12. The van der Waals surface area contributed by atoms with Gasteiger partial charge in [0.15, 0.2) is 5.78 Å². The molecule has 0 bridgehead atoms. The molecule has 0 amide bonds. The van der Waals surface area contributed by atoms with Crippen molar-refractivity contribution in [1.82, 2.24) is 5.32 Å². The maximum absolute atomic E-state index is 12.7. The van der Waals surface area contributed by atoms with E-state index in [1.54, 1.807) is 0 Å². The molecule has 22 heavy (non-hydrogen) atoms. The van der Waals surface area contributed by atoms with Crippen LogP contribution in [0.5, 0.6) is 0 Å². The van der Waals surface area contributed by atoms with Crippen molar-refractivity contribution in [3.05, 3.63) is 58.8 Å². The molecule has 1 aliphatic heterocycles. The first-order chi connectivity index (χ1) is 10.6. The average molecular weight is 316 g/mol. The Morgan fingerprint density at radius 2 is 2.09 bits per heavy atom. The van der Waals surface area contributed by atoms with Crippen LogP contribution in [0.2, 0.25) is 5.02 Å². The summed E-state index contributed by atoms with van der Waals surface area (Å²) < 4.78 is 5.78. The van der Waals surface area contributed by atoms with Gasteiger partial charge >= 0.3 is 0 Å². The molecule has 1 aromatic heterocycles. The highest BCUT2D eigenvalue weighted by atomic mass is 35.5. The predicted octanol–water partition coefficient (Wildman–Crippen LogP) is 4.26. The van der Waals surface area contributed by atoms with Gasteiger partial charge in [0, 0.05) is 17.1 Å². The van der Waals surface area contributed by atoms with Crippen molar-refractivity contribution in [3.8, 4) is 11.3 Å². The van der Waals surface area contributed by atoms with E-state index in [-0.39, 0.29) is 11.7 Å². The highest BCUT2D eigenvalue weighted by Gasteiger charge is 2.23. The van der Waals surface area contributed by atoms with Crippen LogP contribution in [0.3, 0.4) is 0 Å². The lowest BCUT2D eigenvalue weighted by Gasteiger charge is -2.09. The van der Waals surface area contributed by atoms with Crippen molar-refractivity contribution in [3.63, 3.8) is 0 Å². The summed E-state index contributed by atoms with van der Waals surface area (Å²) in [4.78, 5) is 12.7. The zero-order valence-electron chi connectivity index (χ0n) is 12.4. The Morgan fingerprint density at radius 1 is 1.32 bits per heavy atom. The molecule has 0 fully saturated rings. The minimum atomic E-state index is -0.128. The Bertz CT molecular complexity index is 700. The molecule has 0 aliphatic carbocycles. The molecule has 3 nitrogen and oxygen atoms in total. The Balaban J connectivity index is 1.88. The molecule has 2 aromatic rings. The Labute approximate surface area is 135 Å². The standard InChI is InChI=1S/C18H18ClNO2/c1-12-16(18(21)14-4-2-3-9-20-11-14)10-17(22-12)13-5-7-15(19)8-6-13/h2,4-8,10,14,20H,3,9,11H2,1H3. The van der Waals surface area contributed by atoms with Crippen molar-refractivity contribution in [2.24, 2.45) is 5.92 Å². The van der Waals surface area contributed by atoms with Gasteiger partial charge in [-0.2, -0.15) is 0 Å². The number of benzene rings is 1. The molecule has 1 unspecified atom stereocenters. The maximum Gasteiger partial charge on any atom is 0.174 e. The van der Waals surface area contributed by atoms with Gasteiger partial charge in [-0.25, -0.2) is 0 Å². The van der Waals surface area contributed by atoms with Crippen LogP contribution >= 0.6 is 11.6 Å². The largest absolute Gasteiger partial charge is 0.461 e. The fourth-order valence-corrected chi connectivity index (χ4v) is 2.76. The molecule has 1 aromatic carbocycles. The summed E-state index contributed by atoms with van der Waals surface area (Å²) in [6.45, 7) is 3.43. The lowest BCUT2D eigenvalue weighted by atomic mass is 9.97. The van der Waals surface area contributed by atoms with E-state index in [1.807, 2.05) is 43.3 Å². The van der Waals surface area contributed by atoms with Crippen molar-refractivity contribution in [2.75, 3.05) is 13.1 Å². The van der Waals surface area contributed by atoms with Crippen LogP contribution in [0.25, 0.3) is 11.3 Å². The normalized spacial score (nSPS) is 18.2. The van der Waals surface area contributed by atoms with E-state index in [4.69, 9.17) is 16.0 Å². The highest BCUT2D eigenvalue weighted by molar-refractivity contribution is 6.30. The van der Waals surface area contributed by atoms with Crippen LogP contribution in [-0.2, 0) is 0 Å². The molecule has 1 N–H and O–H groups in total. The van der Waals surface area contributed by atoms with Crippen LogP contribution in [-0.4, -0.2) is 18.9 Å². The minimum absolute atomic E-state index is 0.104. The van der Waals surface area contributed by atoms with Crippen LogP contribution in [0.15, 0.2) is 46.9 Å². The summed E-state index contributed by atoms with van der Waals surface area (Å²) in [7, 11) is 0. The molecule has 0 spiro atoms. The lowest BCUT2D eigenvalue weighted by Crippen LogP contribution is -2.26. The fraction of sp³-hybridized carbons (Fsp3) is 0.278. The Hall–Kier alpha value is -1.84. The average Bonchev–Trinajstić information content (AvgIpc) is 2.74. The second-order valence-electron chi connectivity index (χ2n) is 5.48. The molecule has 3 rings (SSSR count). The summed E-state index contributed by atoms with van der Waals surface area (Å²) in [5.41, 5.74) is 1.57. The first kappa shape index (κ1) is 15.1. The van der Waals surface area contributed by atoms with Gasteiger partial charge in [0.05, 0.1) is 11.5 Å². The highest BCUT2D eigenvalue weighted by Crippen LogP contribution is 2.28. The lowest BCUT2D eigenvalue weighted by molar-refractivity contribution is 0.0944. The third-order valence-electron chi connectivity index (χ3n) is 3.87. The number of ketones is 1. The number of hydrogen-bond acceptors (Lipinski definition) is 3. The number of furan rings is 1. The molecule has 1 atom stereocenters. The summed E-state index contributed by atoms with van der Waals surface area (Å²) in [6.07, 6.45) is 5.03. The summed E-state index contributed by atoms with van der Waals surface area (Å²) in [5.74, 6) is 1.33. The molecular weight excluding hydrogens is 298 g/mol. The number of nitrogens with one attached hydrogen (secondary N) is 1. The Kier molecular flexibility index (Phi) is 4.46. The van der Waals surface area contributed by atoms with Crippen LogP contribution in [0, 0.1) is 12.8 Å². The van der Waals surface area contributed by atoms with Crippen molar-refractivity contribution >= 4 is 17.4 Å². The summed E-state index contributed by atoms with van der Waals surface area (Å²) in [6, 6.07) is 9.24. The second-order valence-corrected chi connectivity index (χ2v) is 5.92. The first-order valence-electron chi connectivity index (χ1n) is 7.43. The zero-order chi connectivity index (χ0) is 15.5. The van der Waals surface area contributed by atoms with E-state index >= 15 is 0 Å². The monoisotopic (exact) mass is 315 g/mol. The van der Waals surface area contributed by atoms with Gasteiger partial charge in [0.2, 0.25) is 0 Å². The summed E-state index contributed by atoms with van der Waals surface area (Å²) >= 11 is 5.90. The molecule has 4 heteroatoms. The first-order valence-corrected chi connectivity index (χ1v) is 7.81. The van der Waals surface area contributed by atoms with Gasteiger partial charge in [-0.3, -0.25) is 4.79 Å². The zero-order valence-corrected chi connectivity index (χ0v) is 13.2. The van der Waals surface area contributed by atoms with Crippen molar-refractivity contribution in [2.45, 2.75) is 13.3 Å². The number of rotatable bonds is 3. The van der Waals surface area contributed by atoms with E-state index in [0.29, 0.717) is 28.7 Å². The van der Waals surface area contributed by atoms with E-state index in [2.05, 4.69) is 11.4 Å². The number of Topliss-reactive ketones (excluding diaryl/α,β-unsaturated/α-hetero) is 1. The predicted molar refractivity (Wildman–Crippen MR) is 88.3 cm³/mol. The maximum atomic E-state index is 12.7. The number of aryl methyl sites for hydroxylation is 1. The van der Waals surface area contributed by atoms with Crippen LogP contribution < -0.4 is 5.32 Å². The van der Waals surface area contributed by atoms with Gasteiger partial charge in [0.1, 0.15) is 11.5 Å². The molecule has 0 saturated heterocycles. The van der Waals surface area contributed by atoms with E-state index in [0.717, 1.165) is 18.5 Å². The molecular formula is C18H18ClNO2. The SMILES string of the molecule is Cc1oc(-c2ccc(Cl)cc2)cc1C(=O)C1C=CCCNC1. The van der Waals surface area contributed by atoms with Crippen molar-refractivity contribution < 1.29 is 9.21 Å². The van der Waals surface area contributed by atoms with Gasteiger partial charge in [-0.1, -0.05) is 23.8 Å². The smallest absolute Gasteiger partial charge is 0.174 e. The summed E-state index contributed by atoms with van der Waals surface area (Å²) in [5, 5.41) is 3.96. The third kappa shape index (κ3) is 3.16. The van der Waals surface area contributed by atoms with E-state index in [1.165, 1.54) is 0 Å². The number of halogens is 1. The molecule has 0 saturated carbocycles. The fourth-order valence-electron chi connectivity index (χ4n) is 2.63. The number of carbonyl (C=O) groups is 1. The Morgan fingerprint density at radius 3 is 2.86 bits per heavy atom. The van der Waals surface area contributed by atoms with E-state index < -0.39 is 0 Å². The molecule has 114 valence electrons. The molecule has 0 radical (unpaired) electrons. The van der Waals surface area contributed by atoms with Crippen molar-refractivity contribution in [1.29, 1.82) is 0 Å². The van der Waals surface area contributed by atoms with Crippen LogP contribution in [0.1, 0.15) is 22.5 Å². The van der Waals surface area contributed by atoms with Gasteiger partial charge in [0.25, 0.3) is 0 Å². The topological polar surface area (TPSA) is 42.2 Å². The van der Waals surface area contributed by atoms with E-state index in [9.17, 15) is 4.79 Å². The van der Waals surface area contributed by atoms with Gasteiger partial charge in [-0.15, -0.1) is 0 Å². The molecule has 1 aliphatic rings. The minimum Gasteiger partial charge on any atom is -0.461 e. The van der Waals surface area contributed by atoms with Gasteiger partial charge in [-0.05, 0) is 50.2 Å². The number of hydrogen-bond donors (Lipinski definition) is 1. The van der Waals surface area contributed by atoms with Gasteiger partial charge < -0.3 is 9.73 Å². The second kappa shape index (κ2) is 6.51.